The number of nitriles is 1. The van der Waals surface area contributed by atoms with Gasteiger partial charge < -0.3 is 18.6 Å². The van der Waals surface area contributed by atoms with E-state index >= 15 is 0 Å². The molecule has 1 N–H and O–H groups in total. The molecule has 2 heterocycles. The van der Waals surface area contributed by atoms with Crippen LogP contribution in [0, 0.1) is 28.4 Å². The number of carbonyl (C=O) groups is 1. The molecule has 3 aromatic rings. The van der Waals surface area contributed by atoms with E-state index < -0.39 is 17.4 Å². The topological polar surface area (TPSA) is 162 Å². The number of hydrazone groups is 1. The Hall–Kier alpha value is -4.76. The summed E-state index contributed by atoms with van der Waals surface area (Å²) in [5.74, 6) is 0.269. The quantitative estimate of drug-likeness (QED) is 0.261. The molecule has 1 aromatic carbocycles. The van der Waals surface area contributed by atoms with Gasteiger partial charge in [-0.15, -0.1) is 0 Å². The number of nitrogens with zero attached hydrogens (tertiary/aromatic N) is 4. The van der Waals surface area contributed by atoms with Gasteiger partial charge in [0.2, 0.25) is 5.88 Å². The van der Waals surface area contributed by atoms with E-state index in [9.17, 15) is 20.2 Å². The predicted molar refractivity (Wildman–Crippen MR) is 123 cm³/mol. The van der Waals surface area contributed by atoms with Crippen LogP contribution in [0.3, 0.4) is 0 Å². The molecule has 3 rings (SSSR count). The van der Waals surface area contributed by atoms with Crippen LogP contribution < -0.4 is 14.9 Å². The lowest BCUT2D eigenvalue weighted by molar-refractivity contribution is -0.384. The first kappa shape index (κ1) is 24.9. The van der Waals surface area contributed by atoms with Gasteiger partial charge in [0.15, 0.2) is 6.61 Å². The second-order valence-electron chi connectivity index (χ2n) is 7.07. The molecule has 2 aromatic heterocycles. The van der Waals surface area contributed by atoms with Gasteiger partial charge in [0.05, 0.1) is 36.5 Å². The van der Waals surface area contributed by atoms with E-state index in [4.69, 9.17) is 18.6 Å². The average molecular weight is 479 g/mol. The Balaban J connectivity index is 1.64. The van der Waals surface area contributed by atoms with Gasteiger partial charge in [-0.2, -0.15) is 10.4 Å². The molecule has 0 aliphatic carbocycles. The maximum absolute atomic E-state index is 12.1. The van der Waals surface area contributed by atoms with E-state index in [0.717, 1.165) is 0 Å². The standard InChI is InChI=1S/C23H21N5O7/c1-14-8-15(12-32-2)19(10-24)23(26-14)34-13-22(29)27-25-11-17-5-7-21(35-17)18-6-4-16(33-3)9-20(18)28(30)31/h4-9,11H,12-13H2,1-3H3,(H,27,29)/b25-11-. The maximum Gasteiger partial charge on any atom is 0.284 e. The molecular weight excluding hydrogens is 458 g/mol. The Bertz CT molecular complexity index is 1310. The second-order valence-corrected chi connectivity index (χ2v) is 7.07. The molecule has 35 heavy (non-hydrogen) atoms. The first-order valence-corrected chi connectivity index (χ1v) is 10.1. The number of aryl methyl sites for hydroxylation is 1. The highest BCUT2D eigenvalue weighted by atomic mass is 16.6. The normalized spacial score (nSPS) is 10.7. The van der Waals surface area contributed by atoms with Crippen molar-refractivity contribution in [3.05, 3.63) is 69.1 Å². The molecule has 0 fully saturated rings. The number of hydrogen-bond acceptors (Lipinski definition) is 10. The number of nitro benzene ring substituents is 1. The minimum atomic E-state index is -0.598. The van der Waals surface area contributed by atoms with Crippen LogP contribution in [-0.4, -0.2) is 42.9 Å². The van der Waals surface area contributed by atoms with Crippen LogP contribution in [0.2, 0.25) is 0 Å². The summed E-state index contributed by atoms with van der Waals surface area (Å²) < 4.78 is 21.1. The van der Waals surface area contributed by atoms with Crippen LogP contribution in [-0.2, 0) is 16.1 Å². The molecule has 12 heteroatoms. The molecule has 0 saturated carbocycles. The van der Waals surface area contributed by atoms with Gasteiger partial charge in [0.1, 0.15) is 28.9 Å². The average Bonchev–Trinajstić information content (AvgIpc) is 3.31. The van der Waals surface area contributed by atoms with E-state index in [1.165, 1.54) is 32.6 Å². The summed E-state index contributed by atoms with van der Waals surface area (Å²) in [5, 5.41) is 24.6. The van der Waals surface area contributed by atoms with E-state index in [1.54, 1.807) is 31.2 Å². The smallest absolute Gasteiger partial charge is 0.284 e. The lowest BCUT2D eigenvalue weighted by Crippen LogP contribution is -2.25. The van der Waals surface area contributed by atoms with Crippen molar-refractivity contribution in [2.75, 3.05) is 20.8 Å². The van der Waals surface area contributed by atoms with Gasteiger partial charge in [0.25, 0.3) is 11.6 Å². The largest absolute Gasteiger partial charge is 0.497 e. The fraction of sp³-hybridized carbons (Fsp3) is 0.217. The maximum atomic E-state index is 12.1. The number of pyridine rings is 1. The zero-order valence-electron chi connectivity index (χ0n) is 19.1. The molecule has 0 atom stereocenters. The van der Waals surface area contributed by atoms with Gasteiger partial charge in [-0.05, 0) is 37.3 Å². The zero-order valence-corrected chi connectivity index (χ0v) is 19.1. The van der Waals surface area contributed by atoms with Crippen molar-refractivity contribution >= 4 is 17.8 Å². The molecule has 0 bridgehead atoms. The molecule has 0 spiro atoms. The molecule has 0 radical (unpaired) electrons. The fourth-order valence-corrected chi connectivity index (χ4v) is 3.10. The third kappa shape index (κ3) is 6.18. The van der Waals surface area contributed by atoms with Crippen LogP contribution in [0.5, 0.6) is 11.6 Å². The van der Waals surface area contributed by atoms with Gasteiger partial charge in [0, 0.05) is 18.4 Å². The summed E-state index contributed by atoms with van der Waals surface area (Å²) in [7, 11) is 2.92. The van der Waals surface area contributed by atoms with Crippen LogP contribution in [0.1, 0.15) is 22.6 Å². The number of amides is 1. The number of benzene rings is 1. The third-order valence-electron chi connectivity index (χ3n) is 4.62. The van der Waals surface area contributed by atoms with Gasteiger partial charge in [-0.25, -0.2) is 10.4 Å². The number of ether oxygens (including phenoxy) is 3. The number of hydrogen-bond donors (Lipinski definition) is 1. The lowest BCUT2D eigenvalue weighted by atomic mass is 10.1. The van der Waals surface area contributed by atoms with Crippen molar-refractivity contribution in [1.29, 1.82) is 5.26 Å². The molecule has 0 saturated heterocycles. The monoisotopic (exact) mass is 479 g/mol. The highest BCUT2D eigenvalue weighted by Gasteiger charge is 2.19. The van der Waals surface area contributed by atoms with Crippen LogP contribution >= 0.6 is 0 Å². The number of methoxy groups -OCH3 is 2. The summed E-state index contributed by atoms with van der Waals surface area (Å²) >= 11 is 0. The van der Waals surface area contributed by atoms with Crippen molar-refractivity contribution in [1.82, 2.24) is 10.4 Å². The highest BCUT2D eigenvalue weighted by Crippen LogP contribution is 2.33. The van der Waals surface area contributed by atoms with Gasteiger partial charge in [-0.3, -0.25) is 14.9 Å². The minimum Gasteiger partial charge on any atom is -0.497 e. The summed E-state index contributed by atoms with van der Waals surface area (Å²) in [6.45, 7) is 1.50. The van der Waals surface area contributed by atoms with Crippen LogP contribution in [0.25, 0.3) is 11.3 Å². The minimum absolute atomic E-state index is 0.0236. The van der Waals surface area contributed by atoms with Crippen LogP contribution in [0.15, 0.2) is 45.9 Å². The molecular formula is C23H21N5O7. The number of rotatable bonds is 10. The van der Waals surface area contributed by atoms with E-state index in [0.29, 0.717) is 17.0 Å². The number of nitro groups is 1. The van der Waals surface area contributed by atoms with Crippen molar-refractivity contribution in [3.8, 4) is 29.0 Å². The van der Waals surface area contributed by atoms with Crippen molar-refractivity contribution < 1.29 is 28.3 Å². The third-order valence-corrected chi connectivity index (χ3v) is 4.62. The molecule has 0 unspecified atom stereocenters. The Morgan fingerprint density at radius 2 is 2.11 bits per heavy atom. The molecule has 1 amide bonds. The Kier molecular flexibility index (Phi) is 8.10. The molecule has 180 valence electrons. The summed E-state index contributed by atoms with van der Waals surface area (Å²) in [4.78, 5) is 27.1. The second kappa shape index (κ2) is 11.4. The first-order chi connectivity index (χ1) is 16.9. The number of furan rings is 1. The first-order valence-electron chi connectivity index (χ1n) is 10.1. The van der Waals surface area contributed by atoms with E-state index in [2.05, 4.69) is 15.5 Å². The molecule has 0 aliphatic rings. The van der Waals surface area contributed by atoms with Gasteiger partial charge in [-0.1, -0.05) is 0 Å². The number of carbonyl (C=O) groups excluding carboxylic acids is 1. The summed E-state index contributed by atoms with van der Waals surface area (Å²) in [6, 6.07) is 11.2. The Morgan fingerprint density at radius 1 is 1.31 bits per heavy atom. The number of aromatic nitrogens is 1. The summed E-state index contributed by atoms with van der Waals surface area (Å²) in [5.41, 5.74) is 3.75. The van der Waals surface area contributed by atoms with Crippen molar-refractivity contribution in [2.24, 2.45) is 5.10 Å². The molecule has 12 nitrogen and oxygen atoms in total. The van der Waals surface area contributed by atoms with Crippen LogP contribution in [0.4, 0.5) is 5.69 Å². The van der Waals surface area contributed by atoms with E-state index in [-0.39, 0.29) is 40.8 Å². The summed E-state index contributed by atoms with van der Waals surface area (Å²) in [6.07, 6.45) is 1.24. The van der Waals surface area contributed by atoms with Crippen molar-refractivity contribution in [2.45, 2.75) is 13.5 Å². The highest BCUT2D eigenvalue weighted by molar-refractivity contribution is 5.82. The fourth-order valence-electron chi connectivity index (χ4n) is 3.10. The van der Waals surface area contributed by atoms with Gasteiger partial charge >= 0.3 is 0 Å². The lowest BCUT2D eigenvalue weighted by Gasteiger charge is -2.10. The van der Waals surface area contributed by atoms with E-state index in [1.807, 2.05) is 6.07 Å². The Labute approximate surface area is 199 Å². The predicted octanol–water partition coefficient (Wildman–Crippen LogP) is 3.11. The molecule has 0 aliphatic heterocycles. The Morgan fingerprint density at radius 3 is 2.80 bits per heavy atom. The SMILES string of the molecule is COCc1cc(C)nc(OCC(=O)N/N=C\c2ccc(-c3ccc(OC)cc3[N+](=O)[O-])o2)c1C#N. The number of nitrogens with one attached hydrogen (secondary N) is 1. The zero-order chi connectivity index (χ0) is 25.4. The van der Waals surface area contributed by atoms with Crippen molar-refractivity contribution in [3.63, 3.8) is 0 Å².